The first-order chi connectivity index (χ1) is 11.0. The number of rotatable bonds is 5. The summed E-state index contributed by atoms with van der Waals surface area (Å²) >= 11 is 0. The summed E-state index contributed by atoms with van der Waals surface area (Å²) in [5.74, 6) is -0.427. The molecule has 1 heterocycles. The number of oxazole rings is 1. The van der Waals surface area contributed by atoms with E-state index in [4.69, 9.17) is 4.42 Å². The quantitative estimate of drug-likeness (QED) is 0.779. The largest absolute Gasteiger partial charge is 0.443 e. The zero-order valence-corrected chi connectivity index (χ0v) is 13.2. The molecule has 23 heavy (non-hydrogen) atoms. The predicted octanol–water partition coefficient (Wildman–Crippen LogP) is 2.80. The van der Waals surface area contributed by atoms with E-state index >= 15 is 0 Å². The molecule has 0 spiro atoms. The topological polar surface area (TPSA) is 72.2 Å². The Kier molecular flexibility index (Phi) is 4.14. The van der Waals surface area contributed by atoms with Gasteiger partial charge in [0.25, 0.3) is 0 Å². The van der Waals surface area contributed by atoms with E-state index in [1.807, 2.05) is 18.2 Å². The molecule has 0 bridgehead atoms. The smallest absolute Gasteiger partial charge is 0.240 e. The van der Waals surface area contributed by atoms with Crippen LogP contribution in [0, 0.1) is 12.7 Å². The third-order valence-corrected chi connectivity index (χ3v) is 5.00. The highest BCUT2D eigenvalue weighted by atomic mass is 32.2. The molecule has 0 aliphatic rings. The van der Waals surface area contributed by atoms with Crippen molar-refractivity contribution in [3.63, 3.8) is 0 Å². The molecular weight excluding hydrogens is 319 g/mol. The van der Waals surface area contributed by atoms with Crippen molar-refractivity contribution in [3.8, 4) is 0 Å². The van der Waals surface area contributed by atoms with Crippen LogP contribution in [0.25, 0.3) is 11.1 Å². The van der Waals surface area contributed by atoms with E-state index in [2.05, 4.69) is 9.71 Å². The Labute approximate surface area is 133 Å². The van der Waals surface area contributed by atoms with Gasteiger partial charge < -0.3 is 4.42 Å². The molecule has 0 atom stereocenters. The van der Waals surface area contributed by atoms with Crippen LogP contribution >= 0.6 is 0 Å². The third kappa shape index (κ3) is 3.40. The Hall–Kier alpha value is -2.25. The second kappa shape index (κ2) is 6.10. The monoisotopic (exact) mass is 334 g/mol. The second-order valence-electron chi connectivity index (χ2n) is 5.21. The Bertz CT molecular complexity index is 951. The zero-order chi connectivity index (χ0) is 16.4. The highest BCUT2D eigenvalue weighted by molar-refractivity contribution is 7.89. The molecule has 5 nitrogen and oxygen atoms in total. The van der Waals surface area contributed by atoms with Crippen LogP contribution in [0.15, 0.2) is 52.1 Å². The fourth-order valence-electron chi connectivity index (χ4n) is 2.25. The minimum absolute atomic E-state index is 0.0575. The molecule has 7 heteroatoms. The van der Waals surface area contributed by atoms with Crippen LogP contribution in [0.5, 0.6) is 0 Å². The van der Waals surface area contributed by atoms with Crippen LogP contribution in [-0.2, 0) is 16.4 Å². The van der Waals surface area contributed by atoms with Crippen molar-refractivity contribution in [2.24, 2.45) is 0 Å². The fraction of sp³-hybridized carbons (Fsp3) is 0.188. The van der Waals surface area contributed by atoms with E-state index in [-0.39, 0.29) is 11.4 Å². The number of aryl methyl sites for hydroxylation is 1. The standard InChI is InChI=1S/C16H15FN2O3S/c1-11-8-13(3-4-14(11)17)23(20,21)19-7-6-12-2-5-15-16(9-12)22-10-18-15/h2-5,8-10,19H,6-7H2,1H3. The summed E-state index contributed by atoms with van der Waals surface area (Å²) in [4.78, 5) is 4.08. The van der Waals surface area contributed by atoms with E-state index in [1.165, 1.54) is 25.5 Å². The Morgan fingerprint density at radius 1 is 1.22 bits per heavy atom. The molecule has 120 valence electrons. The summed E-state index contributed by atoms with van der Waals surface area (Å²) in [6, 6.07) is 9.26. The first kappa shape index (κ1) is 15.6. The van der Waals surface area contributed by atoms with Crippen LogP contribution in [0.3, 0.4) is 0 Å². The summed E-state index contributed by atoms with van der Waals surface area (Å²) in [7, 11) is -3.65. The summed E-state index contributed by atoms with van der Waals surface area (Å²) in [6.45, 7) is 1.76. The zero-order valence-electron chi connectivity index (χ0n) is 12.4. The van der Waals surface area contributed by atoms with Crippen LogP contribution in [0.4, 0.5) is 4.39 Å². The van der Waals surface area contributed by atoms with E-state index in [0.717, 1.165) is 17.1 Å². The van der Waals surface area contributed by atoms with Gasteiger partial charge in [-0.2, -0.15) is 0 Å². The lowest BCUT2D eigenvalue weighted by molar-refractivity contribution is 0.580. The van der Waals surface area contributed by atoms with Crippen molar-refractivity contribution in [1.29, 1.82) is 0 Å². The Morgan fingerprint density at radius 2 is 2.04 bits per heavy atom. The number of halogens is 1. The van der Waals surface area contributed by atoms with Crippen molar-refractivity contribution < 1.29 is 17.2 Å². The fourth-order valence-corrected chi connectivity index (χ4v) is 3.37. The normalized spacial score (nSPS) is 11.9. The van der Waals surface area contributed by atoms with Gasteiger partial charge in [0.1, 0.15) is 11.3 Å². The van der Waals surface area contributed by atoms with Gasteiger partial charge in [0.05, 0.1) is 4.90 Å². The molecule has 0 fully saturated rings. The van der Waals surface area contributed by atoms with Crippen LogP contribution in [0.2, 0.25) is 0 Å². The highest BCUT2D eigenvalue weighted by Crippen LogP contribution is 2.16. The van der Waals surface area contributed by atoms with Crippen molar-refractivity contribution in [2.75, 3.05) is 6.54 Å². The maximum absolute atomic E-state index is 13.2. The molecule has 1 aromatic heterocycles. The number of nitrogens with one attached hydrogen (secondary N) is 1. The van der Waals surface area contributed by atoms with Crippen LogP contribution in [-0.4, -0.2) is 19.9 Å². The summed E-state index contributed by atoms with van der Waals surface area (Å²) in [5.41, 5.74) is 2.66. The van der Waals surface area contributed by atoms with Gasteiger partial charge in [-0.3, -0.25) is 0 Å². The molecule has 3 aromatic rings. The molecule has 0 unspecified atom stereocenters. The number of nitrogens with zero attached hydrogens (tertiary/aromatic N) is 1. The minimum atomic E-state index is -3.65. The highest BCUT2D eigenvalue weighted by Gasteiger charge is 2.14. The molecule has 0 amide bonds. The maximum atomic E-state index is 13.2. The number of hydrogen-bond donors (Lipinski definition) is 1. The summed E-state index contributed by atoms with van der Waals surface area (Å²) < 4.78 is 45.4. The van der Waals surface area contributed by atoms with Crippen molar-refractivity contribution >= 4 is 21.1 Å². The van der Waals surface area contributed by atoms with E-state index in [9.17, 15) is 12.8 Å². The van der Waals surface area contributed by atoms with Gasteiger partial charge in [0.2, 0.25) is 10.0 Å². The lowest BCUT2D eigenvalue weighted by Gasteiger charge is -2.08. The molecule has 0 aliphatic heterocycles. The minimum Gasteiger partial charge on any atom is -0.443 e. The Balaban J connectivity index is 1.67. The van der Waals surface area contributed by atoms with Crippen LogP contribution < -0.4 is 4.72 Å². The average molecular weight is 334 g/mol. The van der Waals surface area contributed by atoms with Crippen molar-refractivity contribution in [3.05, 3.63) is 59.7 Å². The molecule has 0 saturated heterocycles. The SMILES string of the molecule is Cc1cc(S(=O)(=O)NCCc2ccc3ncoc3c2)ccc1F. The van der Waals surface area contributed by atoms with Gasteiger partial charge in [-0.25, -0.2) is 22.5 Å². The second-order valence-corrected chi connectivity index (χ2v) is 6.98. The molecule has 3 rings (SSSR count). The van der Waals surface area contributed by atoms with Gasteiger partial charge in [0, 0.05) is 6.54 Å². The van der Waals surface area contributed by atoms with E-state index in [0.29, 0.717) is 17.6 Å². The molecular formula is C16H15FN2O3S. The number of sulfonamides is 1. The lowest BCUT2D eigenvalue weighted by Crippen LogP contribution is -2.26. The predicted molar refractivity (Wildman–Crippen MR) is 84.0 cm³/mol. The van der Waals surface area contributed by atoms with Crippen LogP contribution in [0.1, 0.15) is 11.1 Å². The van der Waals surface area contributed by atoms with E-state index < -0.39 is 15.8 Å². The molecule has 0 aliphatic carbocycles. The molecule has 0 radical (unpaired) electrons. The Morgan fingerprint density at radius 3 is 2.83 bits per heavy atom. The maximum Gasteiger partial charge on any atom is 0.240 e. The number of hydrogen-bond acceptors (Lipinski definition) is 4. The number of aromatic nitrogens is 1. The molecule has 2 aromatic carbocycles. The third-order valence-electron chi connectivity index (χ3n) is 3.54. The van der Waals surface area contributed by atoms with Gasteiger partial charge in [-0.1, -0.05) is 6.07 Å². The van der Waals surface area contributed by atoms with E-state index in [1.54, 1.807) is 0 Å². The number of fused-ring (bicyclic) bond motifs is 1. The van der Waals surface area contributed by atoms with Gasteiger partial charge in [-0.05, 0) is 54.8 Å². The van der Waals surface area contributed by atoms with Crippen molar-refractivity contribution in [1.82, 2.24) is 9.71 Å². The van der Waals surface area contributed by atoms with Gasteiger partial charge in [0.15, 0.2) is 12.0 Å². The van der Waals surface area contributed by atoms with Gasteiger partial charge >= 0.3 is 0 Å². The average Bonchev–Trinajstić information content (AvgIpc) is 2.97. The summed E-state index contributed by atoms with van der Waals surface area (Å²) in [6.07, 6.45) is 1.88. The summed E-state index contributed by atoms with van der Waals surface area (Å²) in [5, 5.41) is 0. The lowest BCUT2D eigenvalue weighted by atomic mass is 10.1. The first-order valence-corrected chi connectivity index (χ1v) is 8.52. The number of benzene rings is 2. The molecule has 0 saturated carbocycles. The molecule has 1 N–H and O–H groups in total. The van der Waals surface area contributed by atoms with Gasteiger partial charge in [-0.15, -0.1) is 0 Å². The van der Waals surface area contributed by atoms with Crippen molar-refractivity contribution in [2.45, 2.75) is 18.2 Å². The first-order valence-electron chi connectivity index (χ1n) is 7.04.